The number of hydrogen-bond donors (Lipinski definition) is 1. The number of halogens is 3. The maximum atomic E-state index is 12.7. The molecule has 4 nitrogen and oxygen atoms in total. The number of para-hydroxylation sites is 1. The van der Waals surface area contributed by atoms with E-state index in [-0.39, 0.29) is 12.5 Å². The lowest BCUT2D eigenvalue weighted by atomic mass is 9.87. The van der Waals surface area contributed by atoms with E-state index < -0.39 is 29.5 Å². The maximum Gasteiger partial charge on any atom is 0.416 e. The second-order valence-corrected chi connectivity index (χ2v) is 6.28. The Bertz CT molecular complexity index is 804. The zero-order chi connectivity index (χ0) is 18.9. The highest BCUT2D eigenvalue weighted by molar-refractivity contribution is 6.08. The van der Waals surface area contributed by atoms with Crippen LogP contribution in [0.4, 0.5) is 18.9 Å². The monoisotopic (exact) mass is 362 g/mol. The lowest BCUT2D eigenvalue weighted by molar-refractivity contribution is -0.138. The Morgan fingerprint density at radius 3 is 2.27 bits per heavy atom. The van der Waals surface area contributed by atoms with Crippen LogP contribution in [0.1, 0.15) is 17.0 Å². The molecule has 1 fully saturated rings. The summed E-state index contributed by atoms with van der Waals surface area (Å²) in [5.41, 5.74) is 0.333. The number of nitrogens with zero attached hydrogens (tertiary/aromatic N) is 1. The number of likely N-dealkylation sites (N-methyl/N-ethyl adjacent to an activating group) is 1. The van der Waals surface area contributed by atoms with Crippen molar-refractivity contribution < 1.29 is 22.8 Å². The molecular weight excluding hydrogens is 345 g/mol. The highest BCUT2D eigenvalue weighted by atomic mass is 19.4. The second kappa shape index (κ2) is 6.82. The van der Waals surface area contributed by atoms with Crippen LogP contribution < -0.4 is 5.32 Å². The summed E-state index contributed by atoms with van der Waals surface area (Å²) < 4.78 is 38.2. The van der Waals surface area contributed by atoms with Crippen LogP contribution in [0, 0.1) is 5.92 Å². The van der Waals surface area contributed by atoms with Gasteiger partial charge >= 0.3 is 6.18 Å². The first-order chi connectivity index (χ1) is 12.3. The van der Waals surface area contributed by atoms with Crippen LogP contribution in [0.25, 0.3) is 0 Å². The van der Waals surface area contributed by atoms with Gasteiger partial charge in [-0.25, -0.2) is 0 Å². The SMILES string of the molecule is CN1C[C@H](c2ccc(C(F)(F)F)cc2)[C@@H](C(=O)Nc2ccccc2)C1=O. The lowest BCUT2D eigenvalue weighted by Gasteiger charge is -2.17. The lowest BCUT2D eigenvalue weighted by Crippen LogP contribution is -2.32. The molecule has 1 aliphatic heterocycles. The zero-order valence-electron chi connectivity index (χ0n) is 14.0. The van der Waals surface area contributed by atoms with Gasteiger partial charge in [-0.1, -0.05) is 30.3 Å². The quantitative estimate of drug-likeness (QED) is 0.850. The predicted molar refractivity (Wildman–Crippen MR) is 90.4 cm³/mol. The van der Waals surface area contributed by atoms with Crippen LogP contribution in [0.2, 0.25) is 0 Å². The molecule has 3 rings (SSSR count). The number of benzene rings is 2. The van der Waals surface area contributed by atoms with E-state index in [1.807, 2.05) is 0 Å². The van der Waals surface area contributed by atoms with Crippen molar-refractivity contribution in [3.8, 4) is 0 Å². The van der Waals surface area contributed by atoms with Gasteiger partial charge in [0.2, 0.25) is 11.8 Å². The zero-order valence-corrected chi connectivity index (χ0v) is 14.0. The van der Waals surface area contributed by atoms with Gasteiger partial charge in [-0.3, -0.25) is 9.59 Å². The van der Waals surface area contributed by atoms with Crippen molar-refractivity contribution in [1.82, 2.24) is 4.90 Å². The van der Waals surface area contributed by atoms with Gasteiger partial charge in [0.15, 0.2) is 0 Å². The van der Waals surface area contributed by atoms with Crippen LogP contribution in [-0.4, -0.2) is 30.3 Å². The fraction of sp³-hybridized carbons (Fsp3) is 0.263. The molecule has 0 saturated carbocycles. The Morgan fingerprint density at radius 1 is 1.08 bits per heavy atom. The molecule has 136 valence electrons. The van der Waals surface area contributed by atoms with Crippen molar-refractivity contribution in [2.75, 3.05) is 18.9 Å². The van der Waals surface area contributed by atoms with Crippen molar-refractivity contribution in [2.24, 2.45) is 5.92 Å². The minimum atomic E-state index is -4.43. The molecule has 0 radical (unpaired) electrons. The molecular formula is C19H17F3N2O2. The molecule has 7 heteroatoms. The van der Waals surface area contributed by atoms with Crippen LogP contribution in [0.5, 0.6) is 0 Å². The van der Waals surface area contributed by atoms with E-state index in [0.29, 0.717) is 11.3 Å². The van der Waals surface area contributed by atoms with Crippen molar-refractivity contribution >= 4 is 17.5 Å². The molecule has 0 aliphatic carbocycles. The standard InChI is InChI=1S/C19H17F3N2O2/c1-24-11-15(12-7-9-13(10-8-12)19(20,21)22)16(18(24)26)17(25)23-14-5-3-2-4-6-14/h2-10,15-16H,11H2,1H3,(H,23,25)/t15-,16+/m1/s1. The van der Waals surface area contributed by atoms with Crippen molar-refractivity contribution in [3.05, 3.63) is 65.7 Å². The molecule has 0 aromatic heterocycles. The van der Waals surface area contributed by atoms with Gasteiger partial charge in [-0.15, -0.1) is 0 Å². The fourth-order valence-electron chi connectivity index (χ4n) is 3.15. The molecule has 0 spiro atoms. The summed E-state index contributed by atoms with van der Waals surface area (Å²) in [4.78, 5) is 26.5. The summed E-state index contributed by atoms with van der Waals surface area (Å²) in [5.74, 6) is -2.28. The number of nitrogens with one attached hydrogen (secondary N) is 1. The number of amides is 2. The Kier molecular flexibility index (Phi) is 4.71. The molecule has 1 saturated heterocycles. The molecule has 2 aromatic rings. The summed E-state index contributed by atoms with van der Waals surface area (Å²) in [6.45, 7) is 0.275. The molecule has 1 N–H and O–H groups in total. The van der Waals surface area contributed by atoms with Crippen molar-refractivity contribution in [2.45, 2.75) is 12.1 Å². The van der Waals surface area contributed by atoms with E-state index >= 15 is 0 Å². The number of alkyl halides is 3. The Morgan fingerprint density at radius 2 is 1.69 bits per heavy atom. The van der Waals surface area contributed by atoms with Crippen molar-refractivity contribution in [3.63, 3.8) is 0 Å². The van der Waals surface area contributed by atoms with Gasteiger partial charge in [-0.2, -0.15) is 13.2 Å². The first kappa shape index (κ1) is 18.0. The largest absolute Gasteiger partial charge is 0.416 e. The summed E-state index contributed by atoms with van der Waals surface area (Å²) in [7, 11) is 1.58. The van der Waals surface area contributed by atoms with Gasteiger partial charge in [0.05, 0.1) is 5.56 Å². The first-order valence-electron chi connectivity index (χ1n) is 8.05. The topological polar surface area (TPSA) is 49.4 Å². The number of carbonyl (C=O) groups excluding carboxylic acids is 2. The van der Waals surface area contributed by atoms with Gasteiger partial charge in [0, 0.05) is 25.2 Å². The Balaban J connectivity index is 1.85. The Labute approximate surface area is 148 Å². The second-order valence-electron chi connectivity index (χ2n) is 6.28. The van der Waals surface area contributed by atoms with E-state index in [2.05, 4.69) is 5.32 Å². The van der Waals surface area contributed by atoms with Crippen molar-refractivity contribution in [1.29, 1.82) is 0 Å². The highest BCUT2D eigenvalue weighted by Gasteiger charge is 2.44. The van der Waals surface area contributed by atoms with Gasteiger partial charge in [0.25, 0.3) is 0 Å². The number of hydrogen-bond acceptors (Lipinski definition) is 2. The predicted octanol–water partition coefficient (Wildman–Crippen LogP) is 3.52. The molecule has 1 aliphatic rings. The van der Waals surface area contributed by atoms with Crippen LogP contribution in [0.15, 0.2) is 54.6 Å². The summed E-state index contributed by atoms with van der Waals surface area (Å²) in [6, 6.07) is 13.3. The minimum Gasteiger partial charge on any atom is -0.344 e. The maximum absolute atomic E-state index is 12.7. The minimum absolute atomic E-state index is 0.275. The average Bonchev–Trinajstić information content (AvgIpc) is 2.90. The van der Waals surface area contributed by atoms with E-state index in [0.717, 1.165) is 12.1 Å². The average molecular weight is 362 g/mol. The molecule has 26 heavy (non-hydrogen) atoms. The van der Waals surface area contributed by atoms with E-state index in [1.165, 1.54) is 17.0 Å². The third kappa shape index (κ3) is 3.56. The molecule has 2 amide bonds. The summed E-state index contributed by atoms with van der Waals surface area (Å²) >= 11 is 0. The van der Waals surface area contributed by atoms with E-state index in [1.54, 1.807) is 37.4 Å². The van der Waals surface area contributed by atoms with Crippen LogP contribution in [-0.2, 0) is 15.8 Å². The smallest absolute Gasteiger partial charge is 0.344 e. The van der Waals surface area contributed by atoms with Gasteiger partial charge in [0.1, 0.15) is 5.92 Å². The number of rotatable bonds is 3. The third-order valence-electron chi connectivity index (χ3n) is 4.51. The number of likely N-dealkylation sites (tertiary alicyclic amines) is 1. The normalized spacial score (nSPS) is 20.3. The summed E-state index contributed by atoms with van der Waals surface area (Å²) in [6.07, 6.45) is -4.43. The van der Waals surface area contributed by atoms with Crippen LogP contribution >= 0.6 is 0 Å². The fourth-order valence-corrected chi connectivity index (χ4v) is 3.15. The van der Waals surface area contributed by atoms with Gasteiger partial charge in [-0.05, 0) is 29.8 Å². The van der Waals surface area contributed by atoms with Gasteiger partial charge < -0.3 is 10.2 Å². The molecule has 2 aromatic carbocycles. The van der Waals surface area contributed by atoms with Crippen LogP contribution in [0.3, 0.4) is 0 Å². The Hall–Kier alpha value is -2.83. The molecule has 1 heterocycles. The third-order valence-corrected chi connectivity index (χ3v) is 4.51. The molecule has 0 bridgehead atoms. The van der Waals surface area contributed by atoms with E-state index in [9.17, 15) is 22.8 Å². The van der Waals surface area contributed by atoms with E-state index in [4.69, 9.17) is 0 Å². The highest BCUT2D eigenvalue weighted by Crippen LogP contribution is 2.36. The molecule has 0 unspecified atom stereocenters. The molecule has 2 atom stereocenters. The first-order valence-corrected chi connectivity index (χ1v) is 8.05. The number of carbonyl (C=O) groups is 2. The summed E-state index contributed by atoms with van der Waals surface area (Å²) in [5, 5.41) is 2.70. The number of anilines is 1.